The zero-order valence-electron chi connectivity index (χ0n) is 7.53. The van der Waals surface area contributed by atoms with E-state index in [1.807, 2.05) is 29.2 Å². The molecule has 3 heteroatoms. The van der Waals surface area contributed by atoms with Crippen LogP contribution in [0.5, 0.6) is 0 Å². The maximum atomic E-state index is 11.2. The highest BCUT2D eigenvalue weighted by atomic mass is 31.0. The second-order valence-electron chi connectivity index (χ2n) is 3.41. The summed E-state index contributed by atoms with van der Waals surface area (Å²) in [7, 11) is 2.63. The molecule has 1 aromatic rings. The number of carbonyl (C=O) groups excluding carboxylic acids is 1. The molecule has 68 valence electrons. The Labute approximate surface area is 80.1 Å². The van der Waals surface area contributed by atoms with Crippen LogP contribution >= 0.6 is 9.24 Å². The van der Waals surface area contributed by atoms with Crippen LogP contribution in [0, 0.1) is 0 Å². The van der Waals surface area contributed by atoms with Gasteiger partial charge in [0, 0.05) is 18.2 Å². The first-order valence-electron chi connectivity index (χ1n) is 4.36. The molecule has 1 aliphatic rings. The van der Waals surface area contributed by atoms with E-state index >= 15 is 0 Å². The quantitative estimate of drug-likeness (QED) is 0.486. The number of benzene rings is 1. The van der Waals surface area contributed by atoms with Crippen molar-refractivity contribution in [3.63, 3.8) is 0 Å². The summed E-state index contributed by atoms with van der Waals surface area (Å²) in [6.07, 6.45) is 0.683. The van der Waals surface area contributed by atoms with Crippen molar-refractivity contribution in [2.45, 2.75) is 19.4 Å². The molecule has 1 fully saturated rings. The fourth-order valence-corrected chi connectivity index (χ4v) is 1.80. The Morgan fingerprint density at radius 1 is 1.38 bits per heavy atom. The highest BCUT2D eigenvalue weighted by Crippen LogP contribution is 2.26. The van der Waals surface area contributed by atoms with Gasteiger partial charge in [-0.2, -0.15) is 0 Å². The predicted molar refractivity (Wildman–Crippen MR) is 57.4 cm³/mol. The number of β-lactam (4-membered cyclic amide) rings is 1. The lowest BCUT2D eigenvalue weighted by Gasteiger charge is -2.38. The van der Waals surface area contributed by atoms with Gasteiger partial charge in [0.2, 0.25) is 5.91 Å². The molecule has 1 heterocycles. The molecule has 1 aliphatic heterocycles. The van der Waals surface area contributed by atoms with Crippen LogP contribution in [-0.4, -0.2) is 11.9 Å². The second-order valence-corrected chi connectivity index (χ2v) is 4.08. The van der Waals surface area contributed by atoms with Crippen molar-refractivity contribution in [1.29, 1.82) is 0 Å². The number of hydrogen-bond acceptors (Lipinski definition) is 1. The molecule has 0 saturated carbocycles. The first-order valence-corrected chi connectivity index (χ1v) is 4.94. The van der Waals surface area contributed by atoms with Gasteiger partial charge in [-0.1, -0.05) is 12.1 Å². The van der Waals surface area contributed by atoms with Crippen LogP contribution < -0.4 is 10.2 Å². The van der Waals surface area contributed by atoms with Gasteiger partial charge in [0.25, 0.3) is 0 Å². The van der Waals surface area contributed by atoms with Gasteiger partial charge in [0.1, 0.15) is 0 Å². The molecule has 1 aromatic carbocycles. The van der Waals surface area contributed by atoms with E-state index in [9.17, 15) is 4.79 Å². The fourth-order valence-electron chi connectivity index (χ4n) is 1.61. The predicted octanol–water partition coefficient (Wildman–Crippen LogP) is 1.31. The Hall–Kier alpha value is -0.880. The van der Waals surface area contributed by atoms with Crippen molar-refractivity contribution in [1.82, 2.24) is 0 Å². The maximum absolute atomic E-state index is 11.2. The Kier molecular flexibility index (Phi) is 2.09. The summed E-state index contributed by atoms with van der Waals surface area (Å²) < 4.78 is 0. The van der Waals surface area contributed by atoms with Gasteiger partial charge < -0.3 is 4.90 Å². The van der Waals surface area contributed by atoms with Gasteiger partial charge in [-0.15, -0.1) is 9.24 Å². The van der Waals surface area contributed by atoms with Gasteiger partial charge in [-0.3, -0.25) is 4.79 Å². The third-order valence-electron chi connectivity index (χ3n) is 2.35. The minimum absolute atomic E-state index is 0.226. The molecule has 0 aliphatic carbocycles. The normalized spacial score (nSPS) is 21.5. The van der Waals surface area contributed by atoms with E-state index < -0.39 is 0 Å². The molecular weight excluding hydrogens is 181 g/mol. The number of anilines is 1. The summed E-state index contributed by atoms with van der Waals surface area (Å²) in [5.74, 6) is 0.226. The second kappa shape index (κ2) is 3.12. The lowest BCUT2D eigenvalue weighted by molar-refractivity contribution is -0.123. The van der Waals surface area contributed by atoms with Gasteiger partial charge in [-0.25, -0.2) is 0 Å². The van der Waals surface area contributed by atoms with Crippen LogP contribution in [0.3, 0.4) is 0 Å². The molecular formula is C10H12NOP. The Morgan fingerprint density at radius 3 is 2.46 bits per heavy atom. The summed E-state index contributed by atoms with van der Waals surface area (Å²) in [6.45, 7) is 2.07. The summed E-state index contributed by atoms with van der Waals surface area (Å²) in [4.78, 5) is 13.1. The molecule has 13 heavy (non-hydrogen) atoms. The fraction of sp³-hybridized carbons (Fsp3) is 0.300. The number of hydrogen-bond donors (Lipinski definition) is 0. The van der Waals surface area contributed by atoms with E-state index in [1.54, 1.807) is 0 Å². The molecule has 2 rings (SSSR count). The molecule has 0 aromatic heterocycles. The van der Waals surface area contributed by atoms with E-state index in [-0.39, 0.29) is 5.91 Å². The average molecular weight is 193 g/mol. The standard InChI is InChI=1S/C10H12NOP/c1-7-6-10(12)11(7)8-2-4-9(13)5-3-8/h2-5,7H,6,13H2,1H3. The topological polar surface area (TPSA) is 20.3 Å². The van der Waals surface area contributed by atoms with Crippen LogP contribution in [0.25, 0.3) is 0 Å². The molecule has 0 radical (unpaired) electrons. The summed E-state index contributed by atoms with van der Waals surface area (Å²) in [5.41, 5.74) is 1.01. The summed E-state index contributed by atoms with van der Waals surface area (Å²) in [5, 5.41) is 1.14. The number of amides is 1. The van der Waals surface area contributed by atoms with E-state index in [0.29, 0.717) is 12.5 Å². The van der Waals surface area contributed by atoms with Crippen LogP contribution in [0.15, 0.2) is 24.3 Å². The van der Waals surface area contributed by atoms with E-state index in [2.05, 4.69) is 16.2 Å². The molecule has 1 amide bonds. The summed E-state index contributed by atoms with van der Waals surface area (Å²) >= 11 is 0. The van der Waals surface area contributed by atoms with Crippen LogP contribution in [0.4, 0.5) is 5.69 Å². The number of nitrogens with zero attached hydrogens (tertiary/aromatic N) is 1. The third-order valence-corrected chi connectivity index (χ3v) is 2.74. The number of carbonyl (C=O) groups is 1. The smallest absolute Gasteiger partial charge is 0.229 e. The minimum Gasteiger partial charge on any atom is -0.309 e. The zero-order valence-corrected chi connectivity index (χ0v) is 8.68. The Bertz CT molecular complexity index is 333. The molecule has 2 atom stereocenters. The van der Waals surface area contributed by atoms with Crippen molar-refractivity contribution in [2.75, 3.05) is 4.90 Å². The average Bonchev–Trinajstić information content (AvgIpc) is 2.09. The number of rotatable bonds is 1. The molecule has 0 bridgehead atoms. The van der Waals surface area contributed by atoms with Crippen molar-refractivity contribution < 1.29 is 4.79 Å². The highest BCUT2D eigenvalue weighted by Gasteiger charge is 2.33. The molecule has 0 N–H and O–H groups in total. The minimum atomic E-state index is 0.226. The third kappa shape index (κ3) is 1.47. The zero-order chi connectivity index (χ0) is 9.42. The van der Waals surface area contributed by atoms with Crippen molar-refractivity contribution in [3.8, 4) is 0 Å². The Balaban J connectivity index is 2.25. The lowest BCUT2D eigenvalue weighted by Crippen LogP contribution is -2.51. The van der Waals surface area contributed by atoms with Crippen LogP contribution in [-0.2, 0) is 4.79 Å². The SMILES string of the molecule is CC1CC(=O)N1c1ccc(P)cc1. The summed E-state index contributed by atoms with van der Waals surface area (Å²) in [6, 6.07) is 8.32. The first kappa shape index (κ1) is 8.71. The lowest BCUT2D eigenvalue weighted by atomic mass is 10.0. The van der Waals surface area contributed by atoms with Crippen LogP contribution in [0.2, 0.25) is 0 Å². The van der Waals surface area contributed by atoms with Crippen molar-refractivity contribution in [2.24, 2.45) is 0 Å². The molecule has 1 saturated heterocycles. The van der Waals surface area contributed by atoms with E-state index in [4.69, 9.17) is 0 Å². The van der Waals surface area contributed by atoms with Gasteiger partial charge >= 0.3 is 0 Å². The van der Waals surface area contributed by atoms with Gasteiger partial charge in [-0.05, 0) is 24.4 Å². The van der Waals surface area contributed by atoms with Gasteiger partial charge in [0.05, 0.1) is 0 Å². The van der Waals surface area contributed by atoms with E-state index in [0.717, 1.165) is 11.0 Å². The molecule has 0 spiro atoms. The van der Waals surface area contributed by atoms with Crippen LogP contribution in [0.1, 0.15) is 13.3 Å². The maximum Gasteiger partial charge on any atom is 0.229 e. The van der Waals surface area contributed by atoms with E-state index in [1.165, 1.54) is 0 Å². The van der Waals surface area contributed by atoms with Crippen molar-refractivity contribution >= 4 is 26.1 Å². The Morgan fingerprint density at radius 2 is 2.00 bits per heavy atom. The largest absolute Gasteiger partial charge is 0.309 e. The van der Waals surface area contributed by atoms with Gasteiger partial charge in [0.15, 0.2) is 0 Å². The first-order chi connectivity index (χ1) is 6.18. The molecule has 2 unspecified atom stereocenters. The highest BCUT2D eigenvalue weighted by molar-refractivity contribution is 7.27. The van der Waals surface area contributed by atoms with Crippen molar-refractivity contribution in [3.05, 3.63) is 24.3 Å². The molecule has 2 nitrogen and oxygen atoms in total. The monoisotopic (exact) mass is 193 g/mol.